The largest absolute Gasteiger partial charge is 0.416 e. The molecule has 0 bridgehead atoms. The van der Waals surface area contributed by atoms with Crippen molar-refractivity contribution in [1.29, 1.82) is 0 Å². The monoisotopic (exact) mass is 295 g/mol. The molecule has 1 atom stereocenters. The Balaban J connectivity index is 2.19. The molecule has 0 aliphatic heterocycles. The normalized spacial score (nSPS) is 13.0. The van der Waals surface area contributed by atoms with Gasteiger partial charge in [0.25, 0.3) is 0 Å². The van der Waals surface area contributed by atoms with E-state index in [0.717, 1.165) is 5.56 Å². The number of hydrogen-bond acceptors (Lipinski definition) is 2. The van der Waals surface area contributed by atoms with Crippen LogP contribution in [0.25, 0.3) is 0 Å². The van der Waals surface area contributed by atoms with Crippen LogP contribution in [0.1, 0.15) is 5.56 Å². The number of aliphatic hydroxyl groups is 1. The van der Waals surface area contributed by atoms with E-state index in [2.05, 4.69) is 0 Å². The van der Waals surface area contributed by atoms with E-state index >= 15 is 0 Å². The average molecular weight is 295 g/mol. The first kappa shape index (κ1) is 15.4. The van der Waals surface area contributed by atoms with Crippen molar-refractivity contribution >= 4 is 5.69 Å². The fourth-order valence-corrected chi connectivity index (χ4v) is 2.02. The van der Waals surface area contributed by atoms with Crippen LogP contribution in [0, 0.1) is 0 Å². The predicted octanol–water partition coefficient (Wildman–Crippen LogP) is 3.62. The van der Waals surface area contributed by atoms with Crippen LogP contribution in [0.15, 0.2) is 60.7 Å². The Bertz CT molecular complexity index is 542. The molecule has 2 aromatic carbocycles. The van der Waals surface area contributed by atoms with E-state index in [1.807, 2.05) is 30.3 Å². The first-order chi connectivity index (χ1) is 9.97. The van der Waals surface area contributed by atoms with Gasteiger partial charge in [0.1, 0.15) is 0 Å². The molecular formula is C16H16F3NO. The average Bonchev–Trinajstić information content (AvgIpc) is 2.47. The zero-order chi connectivity index (χ0) is 15.3. The molecule has 112 valence electrons. The van der Waals surface area contributed by atoms with Crippen molar-refractivity contribution in [3.63, 3.8) is 0 Å². The molecular weight excluding hydrogens is 279 g/mol. The van der Waals surface area contributed by atoms with Gasteiger partial charge in [-0.15, -0.1) is 0 Å². The quantitative estimate of drug-likeness (QED) is 0.910. The van der Waals surface area contributed by atoms with Gasteiger partial charge in [-0.1, -0.05) is 48.5 Å². The van der Waals surface area contributed by atoms with E-state index in [4.69, 9.17) is 0 Å². The molecule has 2 rings (SSSR count). The third-order valence-electron chi connectivity index (χ3n) is 3.11. The molecule has 0 radical (unpaired) electrons. The Morgan fingerprint density at radius 1 is 0.905 bits per heavy atom. The van der Waals surface area contributed by atoms with E-state index < -0.39 is 18.8 Å². The van der Waals surface area contributed by atoms with Crippen LogP contribution in [-0.2, 0) is 6.54 Å². The van der Waals surface area contributed by atoms with Gasteiger partial charge in [-0.05, 0) is 17.7 Å². The third-order valence-corrected chi connectivity index (χ3v) is 3.11. The predicted molar refractivity (Wildman–Crippen MR) is 76.0 cm³/mol. The van der Waals surface area contributed by atoms with Gasteiger partial charge in [0, 0.05) is 12.2 Å². The Kier molecular flexibility index (Phi) is 4.85. The maximum atomic E-state index is 12.6. The SMILES string of the molecule is O[C@@H](CN(Cc1ccccc1)c1ccccc1)C(F)(F)F. The highest BCUT2D eigenvalue weighted by molar-refractivity contribution is 5.46. The maximum absolute atomic E-state index is 12.6. The molecule has 2 nitrogen and oxygen atoms in total. The number of benzene rings is 2. The molecule has 0 heterocycles. The molecule has 0 saturated heterocycles. The minimum absolute atomic E-state index is 0.304. The lowest BCUT2D eigenvalue weighted by molar-refractivity contribution is -0.200. The maximum Gasteiger partial charge on any atom is 0.416 e. The van der Waals surface area contributed by atoms with Crippen molar-refractivity contribution in [2.45, 2.75) is 18.8 Å². The molecule has 0 saturated carbocycles. The second kappa shape index (κ2) is 6.63. The van der Waals surface area contributed by atoms with Crippen molar-refractivity contribution in [3.05, 3.63) is 66.2 Å². The number of nitrogens with zero attached hydrogens (tertiary/aromatic N) is 1. The highest BCUT2D eigenvalue weighted by atomic mass is 19.4. The summed E-state index contributed by atoms with van der Waals surface area (Å²) >= 11 is 0. The number of rotatable bonds is 5. The van der Waals surface area contributed by atoms with E-state index in [1.165, 1.54) is 4.90 Å². The van der Waals surface area contributed by atoms with Crippen molar-refractivity contribution in [3.8, 4) is 0 Å². The Labute approximate surface area is 121 Å². The Hall–Kier alpha value is -2.01. The molecule has 0 aromatic heterocycles. The number of para-hydroxylation sites is 1. The Morgan fingerprint density at radius 2 is 1.43 bits per heavy atom. The summed E-state index contributed by atoms with van der Waals surface area (Å²) in [6.07, 6.45) is -6.99. The van der Waals surface area contributed by atoms with Crippen LogP contribution < -0.4 is 4.90 Å². The first-order valence-corrected chi connectivity index (χ1v) is 6.55. The van der Waals surface area contributed by atoms with Gasteiger partial charge in [-0.3, -0.25) is 0 Å². The number of halogens is 3. The number of aliphatic hydroxyl groups excluding tert-OH is 1. The first-order valence-electron chi connectivity index (χ1n) is 6.55. The molecule has 0 amide bonds. The second-order valence-corrected chi connectivity index (χ2v) is 4.76. The number of anilines is 1. The molecule has 2 aromatic rings. The number of alkyl halides is 3. The molecule has 0 fully saturated rings. The van der Waals surface area contributed by atoms with Crippen LogP contribution in [-0.4, -0.2) is 23.9 Å². The zero-order valence-corrected chi connectivity index (χ0v) is 11.3. The summed E-state index contributed by atoms with van der Waals surface area (Å²) in [5, 5.41) is 9.33. The van der Waals surface area contributed by atoms with Crippen molar-refractivity contribution in [2.24, 2.45) is 0 Å². The standard InChI is InChI=1S/C16H16F3NO/c17-16(18,19)15(21)12-20(14-9-5-2-6-10-14)11-13-7-3-1-4-8-13/h1-10,15,21H,11-12H2/t15-/m0/s1. The van der Waals surface area contributed by atoms with Crippen molar-refractivity contribution in [1.82, 2.24) is 0 Å². The lowest BCUT2D eigenvalue weighted by Gasteiger charge is -2.28. The molecule has 0 aliphatic rings. The van der Waals surface area contributed by atoms with E-state index in [9.17, 15) is 18.3 Å². The topological polar surface area (TPSA) is 23.5 Å². The molecule has 0 aliphatic carbocycles. The highest BCUT2D eigenvalue weighted by Gasteiger charge is 2.39. The fraction of sp³-hybridized carbons (Fsp3) is 0.250. The fourth-order valence-electron chi connectivity index (χ4n) is 2.02. The number of hydrogen-bond donors (Lipinski definition) is 1. The second-order valence-electron chi connectivity index (χ2n) is 4.76. The van der Waals surface area contributed by atoms with Crippen LogP contribution in [0.3, 0.4) is 0 Å². The summed E-state index contributed by atoms with van der Waals surface area (Å²) < 4.78 is 37.8. The smallest absolute Gasteiger partial charge is 0.382 e. The minimum Gasteiger partial charge on any atom is -0.382 e. The van der Waals surface area contributed by atoms with Gasteiger partial charge in [0.05, 0.1) is 6.54 Å². The van der Waals surface area contributed by atoms with Crippen LogP contribution in [0.4, 0.5) is 18.9 Å². The summed E-state index contributed by atoms with van der Waals surface area (Å²) in [5.41, 5.74) is 1.53. The van der Waals surface area contributed by atoms with Gasteiger partial charge in [0.15, 0.2) is 6.10 Å². The zero-order valence-electron chi connectivity index (χ0n) is 11.3. The van der Waals surface area contributed by atoms with E-state index in [-0.39, 0.29) is 0 Å². The molecule has 5 heteroatoms. The molecule has 1 N–H and O–H groups in total. The molecule has 21 heavy (non-hydrogen) atoms. The van der Waals surface area contributed by atoms with E-state index in [1.54, 1.807) is 30.3 Å². The van der Waals surface area contributed by atoms with Gasteiger partial charge in [-0.25, -0.2) is 0 Å². The summed E-state index contributed by atoms with van der Waals surface area (Å²) in [4.78, 5) is 1.52. The van der Waals surface area contributed by atoms with E-state index in [0.29, 0.717) is 12.2 Å². The van der Waals surface area contributed by atoms with Gasteiger partial charge in [0.2, 0.25) is 0 Å². The lowest BCUT2D eigenvalue weighted by Crippen LogP contribution is -2.40. The van der Waals surface area contributed by atoms with Gasteiger partial charge in [-0.2, -0.15) is 13.2 Å². The van der Waals surface area contributed by atoms with Crippen molar-refractivity contribution in [2.75, 3.05) is 11.4 Å². The van der Waals surface area contributed by atoms with Crippen LogP contribution >= 0.6 is 0 Å². The Morgan fingerprint density at radius 3 is 1.95 bits per heavy atom. The summed E-state index contributed by atoms with van der Waals surface area (Å²) in [6.45, 7) is -0.194. The van der Waals surface area contributed by atoms with Crippen LogP contribution in [0.5, 0.6) is 0 Å². The minimum atomic E-state index is -4.62. The summed E-state index contributed by atoms with van der Waals surface area (Å²) in [7, 11) is 0. The lowest BCUT2D eigenvalue weighted by atomic mass is 10.1. The van der Waals surface area contributed by atoms with Gasteiger partial charge >= 0.3 is 6.18 Å². The van der Waals surface area contributed by atoms with Crippen molar-refractivity contribution < 1.29 is 18.3 Å². The summed E-state index contributed by atoms with van der Waals surface area (Å²) in [5.74, 6) is 0. The van der Waals surface area contributed by atoms with Crippen LogP contribution in [0.2, 0.25) is 0 Å². The summed E-state index contributed by atoms with van der Waals surface area (Å²) in [6, 6.07) is 18.0. The molecule has 0 unspecified atom stereocenters. The third kappa shape index (κ3) is 4.49. The van der Waals surface area contributed by atoms with Gasteiger partial charge < -0.3 is 10.0 Å². The molecule has 0 spiro atoms. The highest BCUT2D eigenvalue weighted by Crippen LogP contribution is 2.24.